The van der Waals surface area contributed by atoms with Crippen molar-refractivity contribution in [2.45, 2.75) is 45.6 Å². The molecular weight excluding hydrogens is 366 g/mol. The third-order valence-electron chi connectivity index (χ3n) is 4.32. The van der Waals surface area contributed by atoms with Crippen molar-refractivity contribution in [2.24, 2.45) is 5.92 Å². The maximum atomic E-state index is 12.5. The van der Waals surface area contributed by atoms with Crippen molar-refractivity contribution in [1.29, 1.82) is 0 Å². The summed E-state index contributed by atoms with van der Waals surface area (Å²) in [5.41, 5.74) is -0.453. The molecule has 2 aliphatic heterocycles. The van der Waals surface area contributed by atoms with Crippen molar-refractivity contribution in [1.82, 2.24) is 15.1 Å². The number of carbonyl (C=O) groups excluding carboxylic acids is 3. The number of rotatable bonds is 4. The summed E-state index contributed by atoms with van der Waals surface area (Å²) in [6.45, 7) is 10.6. The number of allylic oxidation sites excluding steroid dienone is 1. The van der Waals surface area contributed by atoms with E-state index in [0.717, 1.165) is 12.8 Å². The summed E-state index contributed by atoms with van der Waals surface area (Å²) < 4.78 is 5.43. The lowest BCUT2D eigenvalue weighted by molar-refractivity contribution is -0.128. The van der Waals surface area contributed by atoms with Gasteiger partial charge < -0.3 is 9.64 Å². The Balaban J connectivity index is 2.02. The third kappa shape index (κ3) is 5.63. The molecule has 1 unspecified atom stereocenters. The lowest BCUT2D eigenvalue weighted by Gasteiger charge is -2.34. The minimum absolute atomic E-state index is 0.0832. The molecule has 27 heavy (non-hydrogen) atoms. The number of thiocarbonyl (C=S) groups is 1. The number of piperidine rings is 1. The molecule has 0 aromatic heterocycles. The number of nitrogens with one attached hydrogen (secondary N) is 1. The van der Waals surface area contributed by atoms with E-state index < -0.39 is 17.4 Å². The van der Waals surface area contributed by atoms with Crippen molar-refractivity contribution in [3.63, 3.8) is 0 Å². The molecule has 0 aliphatic carbocycles. The number of likely N-dealkylation sites (tertiary alicyclic amines) is 1. The average Bonchev–Trinajstić information content (AvgIpc) is 2.57. The lowest BCUT2D eigenvalue weighted by Crippen LogP contribution is -2.54. The molecule has 3 amide bonds. The summed E-state index contributed by atoms with van der Waals surface area (Å²) in [6, 6.07) is 0. The van der Waals surface area contributed by atoms with Crippen LogP contribution in [0, 0.1) is 5.92 Å². The Morgan fingerprint density at radius 1 is 1.41 bits per heavy atom. The Hall–Kier alpha value is -2.22. The van der Waals surface area contributed by atoms with Gasteiger partial charge in [0.1, 0.15) is 11.2 Å². The van der Waals surface area contributed by atoms with Crippen LogP contribution in [0.3, 0.4) is 0 Å². The summed E-state index contributed by atoms with van der Waals surface area (Å²) in [5.74, 6) is -0.727. The van der Waals surface area contributed by atoms with Crippen LogP contribution >= 0.6 is 12.2 Å². The van der Waals surface area contributed by atoms with Crippen molar-refractivity contribution < 1.29 is 19.1 Å². The summed E-state index contributed by atoms with van der Waals surface area (Å²) in [5, 5.41) is 2.63. The van der Waals surface area contributed by atoms with E-state index in [2.05, 4.69) is 11.9 Å². The highest BCUT2D eigenvalue weighted by Gasteiger charge is 2.33. The van der Waals surface area contributed by atoms with Gasteiger partial charge in [-0.15, -0.1) is 6.58 Å². The van der Waals surface area contributed by atoms with Gasteiger partial charge >= 0.3 is 6.09 Å². The summed E-state index contributed by atoms with van der Waals surface area (Å²) in [6.07, 6.45) is 5.20. The normalized spacial score (nSPS) is 22.7. The van der Waals surface area contributed by atoms with E-state index in [-0.39, 0.29) is 29.2 Å². The monoisotopic (exact) mass is 393 g/mol. The molecule has 0 saturated carbocycles. The number of amides is 3. The molecule has 2 saturated heterocycles. The van der Waals surface area contributed by atoms with Crippen molar-refractivity contribution >= 4 is 35.2 Å². The first-order chi connectivity index (χ1) is 12.6. The van der Waals surface area contributed by atoms with Crippen LogP contribution in [-0.4, -0.2) is 58.1 Å². The highest BCUT2D eigenvalue weighted by Crippen LogP contribution is 2.23. The minimum Gasteiger partial charge on any atom is -0.444 e. The largest absolute Gasteiger partial charge is 0.444 e. The van der Waals surface area contributed by atoms with Crippen LogP contribution < -0.4 is 5.32 Å². The van der Waals surface area contributed by atoms with Crippen LogP contribution in [-0.2, 0) is 14.3 Å². The quantitative estimate of drug-likeness (QED) is 0.343. The van der Waals surface area contributed by atoms with Crippen LogP contribution in [0.4, 0.5) is 4.79 Å². The van der Waals surface area contributed by atoms with Gasteiger partial charge in [-0.05, 0) is 58.2 Å². The molecule has 0 aromatic rings. The number of hydrogen-bond acceptors (Lipinski definition) is 5. The summed E-state index contributed by atoms with van der Waals surface area (Å²) >= 11 is 5.04. The lowest BCUT2D eigenvalue weighted by atomic mass is 9.93. The fourth-order valence-electron chi connectivity index (χ4n) is 3.08. The van der Waals surface area contributed by atoms with Gasteiger partial charge in [-0.2, -0.15) is 0 Å². The van der Waals surface area contributed by atoms with Crippen LogP contribution in [0.2, 0.25) is 0 Å². The van der Waals surface area contributed by atoms with Crippen molar-refractivity contribution in [3.05, 3.63) is 24.3 Å². The standard InChI is InChI=1S/C19H27N3O4S/c1-5-10-22-16(24)14(15(23)20-17(22)27)9-8-13-7-6-11-21(12-13)18(25)26-19(2,3)4/h5,9,13H,1,6-8,10-12H2,2-4H3,(H,20,23,27)/b14-9-. The maximum Gasteiger partial charge on any atom is 0.410 e. The molecule has 0 aromatic carbocycles. The Morgan fingerprint density at radius 2 is 2.11 bits per heavy atom. The second-order valence-corrected chi connectivity index (χ2v) is 8.14. The van der Waals surface area contributed by atoms with E-state index in [0.29, 0.717) is 19.5 Å². The summed E-state index contributed by atoms with van der Waals surface area (Å²) in [4.78, 5) is 39.9. The van der Waals surface area contributed by atoms with Gasteiger partial charge in [0, 0.05) is 19.6 Å². The van der Waals surface area contributed by atoms with E-state index in [4.69, 9.17) is 17.0 Å². The molecule has 0 radical (unpaired) electrons. The van der Waals surface area contributed by atoms with E-state index in [9.17, 15) is 14.4 Å². The second kappa shape index (κ2) is 8.65. The number of ether oxygens (including phenoxy) is 1. The van der Waals surface area contributed by atoms with E-state index in [1.54, 1.807) is 17.1 Å². The molecule has 1 N–H and O–H groups in total. The van der Waals surface area contributed by atoms with E-state index in [1.165, 1.54) is 4.90 Å². The molecule has 0 spiro atoms. The number of nitrogens with zero attached hydrogens (tertiary/aromatic N) is 2. The van der Waals surface area contributed by atoms with Gasteiger partial charge in [0.25, 0.3) is 11.8 Å². The van der Waals surface area contributed by atoms with E-state index >= 15 is 0 Å². The second-order valence-electron chi connectivity index (χ2n) is 7.75. The first kappa shape index (κ1) is 21.1. The minimum atomic E-state index is -0.536. The predicted octanol–water partition coefficient (Wildman–Crippen LogP) is 2.38. The van der Waals surface area contributed by atoms with Gasteiger partial charge in [0.15, 0.2) is 5.11 Å². The van der Waals surface area contributed by atoms with Gasteiger partial charge in [-0.25, -0.2) is 4.79 Å². The fraction of sp³-hybridized carbons (Fsp3) is 0.579. The highest BCUT2D eigenvalue weighted by atomic mass is 32.1. The molecular formula is C19H27N3O4S. The zero-order valence-corrected chi connectivity index (χ0v) is 16.9. The van der Waals surface area contributed by atoms with Crippen LogP contribution in [0.5, 0.6) is 0 Å². The molecule has 7 nitrogen and oxygen atoms in total. The smallest absolute Gasteiger partial charge is 0.410 e. The molecule has 1 atom stereocenters. The molecule has 2 aliphatic rings. The maximum absolute atomic E-state index is 12.5. The molecule has 8 heteroatoms. The number of carbonyl (C=O) groups is 3. The van der Waals surface area contributed by atoms with E-state index in [1.807, 2.05) is 20.8 Å². The predicted molar refractivity (Wildman–Crippen MR) is 106 cm³/mol. The van der Waals surface area contributed by atoms with Gasteiger partial charge in [-0.1, -0.05) is 12.2 Å². The molecule has 0 bridgehead atoms. The van der Waals surface area contributed by atoms with Crippen LogP contribution in [0.1, 0.15) is 40.0 Å². The SMILES string of the molecule is C=CCN1C(=O)/C(=C\CC2CCCN(C(=O)OC(C)(C)C)C2)C(=O)NC1=S. The zero-order valence-electron chi connectivity index (χ0n) is 16.1. The van der Waals surface area contributed by atoms with Gasteiger partial charge in [-0.3, -0.25) is 19.8 Å². The Morgan fingerprint density at radius 3 is 2.74 bits per heavy atom. The Kier molecular flexibility index (Phi) is 6.75. The van der Waals surface area contributed by atoms with Gasteiger partial charge in [0.2, 0.25) is 0 Å². The average molecular weight is 394 g/mol. The summed E-state index contributed by atoms with van der Waals surface area (Å²) in [7, 11) is 0. The van der Waals surface area contributed by atoms with Crippen molar-refractivity contribution in [2.75, 3.05) is 19.6 Å². The topological polar surface area (TPSA) is 79.0 Å². The Labute approximate surface area is 165 Å². The first-order valence-electron chi connectivity index (χ1n) is 9.08. The van der Waals surface area contributed by atoms with Crippen LogP contribution in [0.25, 0.3) is 0 Å². The van der Waals surface area contributed by atoms with Gasteiger partial charge in [0.05, 0.1) is 0 Å². The number of hydrogen-bond donors (Lipinski definition) is 1. The molecule has 148 valence electrons. The third-order valence-corrected chi connectivity index (χ3v) is 4.65. The molecule has 2 rings (SSSR count). The molecule has 2 fully saturated rings. The Bertz CT molecular complexity index is 681. The molecule has 2 heterocycles. The fourth-order valence-corrected chi connectivity index (χ4v) is 3.33. The highest BCUT2D eigenvalue weighted by molar-refractivity contribution is 7.80. The zero-order chi connectivity index (χ0) is 20.2. The first-order valence-corrected chi connectivity index (χ1v) is 9.49. The van der Waals surface area contributed by atoms with Crippen LogP contribution in [0.15, 0.2) is 24.3 Å². The van der Waals surface area contributed by atoms with Crippen molar-refractivity contribution in [3.8, 4) is 0 Å².